The van der Waals surface area contributed by atoms with Gasteiger partial charge in [0.15, 0.2) is 0 Å². The van der Waals surface area contributed by atoms with Crippen LogP contribution in [0.15, 0.2) is 94.7 Å². The van der Waals surface area contributed by atoms with E-state index in [4.69, 9.17) is 0 Å². The molecule has 0 heterocycles. The zero-order valence-electron chi connectivity index (χ0n) is 22.5. The van der Waals surface area contributed by atoms with E-state index in [1.807, 2.05) is 23.5 Å². The fraction of sp³-hybridized carbons (Fsp3) is 0.188. The Kier molecular flexibility index (Phi) is 10.7. The quantitative estimate of drug-likeness (QED) is 0.100. The van der Waals surface area contributed by atoms with Gasteiger partial charge in [0.25, 0.3) is 0 Å². The molecule has 0 atom stereocenters. The van der Waals surface area contributed by atoms with Crippen molar-refractivity contribution in [3.63, 3.8) is 0 Å². The maximum atomic E-state index is 2.34. The van der Waals surface area contributed by atoms with Crippen LogP contribution < -0.4 is 10.6 Å². The number of rotatable bonds is 8. The van der Waals surface area contributed by atoms with Crippen LogP contribution in [0.25, 0.3) is 0 Å². The number of aryl methyl sites for hydroxylation is 6. The van der Waals surface area contributed by atoms with E-state index in [-0.39, 0.29) is 0 Å². The Morgan fingerprint density at radius 1 is 0.514 bits per heavy atom. The molecule has 0 radical (unpaired) electrons. The number of hydrogen-bond acceptors (Lipinski definition) is 2. The summed E-state index contributed by atoms with van der Waals surface area (Å²) in [5.41, 5.74) is 8.37. The molecule has 0 fully saturated rings. The molecule has 37 heavy (non-hydrogen) atoms. The summed E-state index contributed by atoms with van der Waals surface area (Å²) in [5.74, 6) is 0. The third-order valence-electron chi connectivity index (χ3n) is 6.00. The van der Waals surface area contributed by atoms with Crippen molar-refractivity contribution in [2.24, 2.45) is 0 Å². The Bertz CT molecular complexity index is 1290. The molecule has 5 heteroatoms. The molecule has 0 aliphatic heterocycles. The molecule has 0 nitrogen and oxygen atoms in total. The second-order valence-electron chi connectivity index (χ2n) is 9.51. The zero-order valence-corrected chi connectivity index (χ0v) is 31.4. The predicted octanol–water partition coefficient (Wildman–Crippen LogP) is 9.22. The van der Waals surface area contributed by atoms with Gasteiger partial charge < -0.3 is 0 Å². The van der Waals surface area contributed by atoms with Crippen molar-refractivity contribution in [1.29, 1.82) is 0 Å². The summed E-state index contributed by atoms with van der Waals surface area (Å²) in [6.45, 7) is 13.5. The van der Waals surface area contributed by atoms with Crippen molar-refractivity contribution in [2.75, 3.05) is 0 Å². The SMILES string of the molecule is Cc1cc(C)c(P=[C](Sc2ccccc2)[Hg][C](=Pc2c(C)cc(C)cc2C)Sc2ccccc2)c(C)c1. The standard InChI is InChI=1S/2C16H16PS.Hg/c2*1-12-9-13(2)16(14(3)10-12)17-11-18-15-7-5-4-6-8-15;/h2*4-10H,1-3H3;. The summed E-state index contributed by atoms with van der Waals surface area (Å²) in [6.07, 6.45) is 0. The van der Waals surface area contributed by atoms with Gasteiger partial charge in [-0.15, -0.1) is 0 Å². The number of benzene rings is 4. The molecule has 0 aliphatic carbocycles. The van der Waals surface area contributed by atoms with Crippen LogP contribution in [0.1, 0.15) is 33.4 Å². The molecule has 4 aromatic carbocycles. The summed E-state index contributed by atoms with van der Waals surface area (Å²) in [5, 5.41) is 2.99. The molecular formula is C32H32HgP2S2. The van der Waals surface area contributed by atoms with Gasteiger partial charge in [-0.1, -0.05) is 0 Å². The molecule has 184 valence electrons. The van der Waals surface area contributed by atoms with Crippen LogP contribution in [0.4, 0.5) is 0 Å². The van der Waals surface area contributed by atoms with E-state index in [0.717, 1.165) is 0 Å². The van der Waals surface area contributed by atoms with Gasteiger partial charge in [-0.25, -0.2) is 0 Å². The van der Waals surface area contributed by atoms with E-state index in [0.29, 0.717) is 0 Å². The van der Waals surface area contributed by atoms with Gasteiger partial charge in [-0.05, 0) is 0 Å². The van der Waals surface area contributed by atoms with Crippen molar-refractivity contribution in [3.05, 3.63) is 118 Å². The van der Waals surface area contributed by atoms with Gasteiger partial charge in [-0.3, -0.25) is 0 Å². The fourth-order valence-corrected chi connectivity index (χ4v) is 30.2. The Morgan fingerprint density at radius 2 is 0.838 bits per heavy atom. The van der Waals surface area contributed by atoms with Crippen LogP contribution in [0.5, 0.6) is 0 Å². The molecule has 0 aromatic heterocycles. The summed E-state index contributed by atoms with van der Waals surface area (Å²) in [4.78, 5) is 2.71. The van der Waals surface area contributed by atoms with Gasteiger partial charge in [-0.2, -0.15) is 0 Å². The van der Waals surface area contributed by atoms with Gasteiger partial charge in [0.2, 0.25) is 0 Å². The fourth-order valence-electron chi connectivity index (χ4n) is 4.52. The van der Waals surface area contributed by atoms with Gasteiger partial charge in [0.05, 0.1) is 0 Å². The molecular weight excluding hydrogens is 711 g/mol. The van der Waals surface area contributed by atoms with E-state index >= 15 is 0 Å². The second kappa shape index (κ2) is 13.8. The molecule has 0 saturated carbocycles. The molecule has 4 rings (SSSR count). The number of thioether (sulfide) groups is 2. The van der Waals surface area contributed by atoms with Gasteiger partial charge in [0.1, 0.15) is 0 Å². The van der Waals surface area contributed by atoms with Crippen LogP contribution in [-0.4, -0.2) is 4.27 Å². The zero-order chi connectivity index (χ0) is 26.4. The Morgan fingerprint density at radius 3 is 1.16 bits per heavy atom. The molecule has 0 spiro atoms. The molecule has 0 saturated heterocycles. The average molecular weight is 743 g/mol. The van der Waals surface area contributed by atoms with Crippen molar-refractivity contribution in [3.8, 4) is 0 Å². The van der Waals surface area contributed by atoms with Crippen molar-refractivity contribution >= 4 is 54.8 Å². The first-order valence-electron chi connectivity index (χ1n) is 12.5. The van der Waals surface area contributed by atoms with Crippen LogP contribution in [0, 0.1) is 41.5 Å². The predicted molar refractivity (Wildman–Crippen MR) is 169 cm³/mol. The van der Waals surface area contributed by atoms with Gasteiger partial charge >= 0.3 is 249 Å². The van der Waals surface area contributed by atoms with Crippen LogP contribution in [0.3, 0.4) is 0 Å². The third-order valence-corrected chi connectivity index (χ3v) is 25.7. The van der Waals surface area contributed by atoms with E-state index in [9.17, 15) is 0 Å². The molecule has 0 aliphatic rings. The Hall–Kier alpha value is -1.14. The minimum atomic E-state index is -1.67. The Balaban J connectivity index is 1.81. The van der Waals surface area contributed by atoms with E-state index in [1.165, 1.54) is 70.2 Å². The van der Waals surface area contributed by atoms with Crippen LogP contribution in [0.2, 0.25) is 0 Å². The van der Waals surface area contributed by atoms with E-state index in [2.05, 4.69) is 126 Å². The van der Waals surface area contributed by atoms with Crippen molar-refractivity contribution < 1.29 is 24.6 Å². The average Bonchev–Trinajstić information content (AvgIpc) is 2.84. The molecule has 0 N–H and O–H groups in total. The Labute approximate surface area is 247 Å². The van der Waals surface area contributed by atoms with E-state index < -0.39 is 24.6 Å². The normalized spacial score (nSPS) is 11.9. The number of hydrogen-bond donors (Lipinski definition) is 0. The second-order valence-corrected chi connectivity index (χ2v) is 30.4. The van der Waals surface area contributed by atoms with E-state index in [1.54, 1.807) is 4.27 Å². The van der Waals surface area contributed by atoms with Crippen molar-refractivity contribution in [1.82, 2.24) is 0 Å². The summed E-state index contributed by atoms with van der Waals surface area (Å²) in [6, 6.07) is 31.3. The van der Waals surface area contributed by atoms with Crippen molar-refractivity contribution in [2.45, 2.75) is 51.3 Å². The molecule has 0 unspecified atom stereocenters. The monoisotopic (exact) mass is 744 g/mol. The summed E-state index contributed by atoms with van der Waals surface area (Å²) in [7, 11) is 2.81. The molecule has 0 amide bonds. The summed E-state index contributed by atoms with van der Waals surface area (Å²) >= 11 is 2.39. The molecule has 4 aromatic rings. The first-order valence-corrected chi connectivity index (χ1v) is 21.5. The topological polar surface area (TPSA) is 0 Å². The van der Waals surface area contributed by atoms with Gasteiger partial charge in [0, 0.05) is 0 Å². The first kappa shape index (κ1) is 28.9. The maximum absolute atomic E-state index is 2.34. The molecule has 0 bridgehead atoms. The first-order chi connectivity index (χ1) is 17.8. The third kappa shape index (κ3) is 8.42. The van der Waals surface area contributed by atoms with Crippen LogP contribution >= 0.6 is 39.9 Å². The summed E-state index contributed by atoms with van der Waals surface area (Å²) < 4.78 is 3.38. The van der Waals surface area contributed by atoms with Crippen LogP contribution in [-0.2, 0) is 24.6 Å². The minimum absolute atomic E-state index is 1.35.